The van der Waals surface area contributed by atoms with E-state index in [1.807, 2.05) is 25.4 Å². The first kappa shape index (κ1) is 12.9. The van der Waals surface area contributed by atoms with Crippen LogP contribution in [0, 0.1) is 0 Å². The van der Waals surface area contributed by atoms with E-state index in [-0.39, 0.29) is 6.23 Å². The molecule has 0 aromatic heterocycles. The Labute approximate surface area is 122 Å². The van der Waals surface area contributed by atoms with Gasteiger partial charge in [0.15, 0.2) is 6.23 Å². The number of likely N-dealkylation sites (N-methyl/N-ethyl adjacent to an activating group) is 1. The summed E-state index contributed by atoms with van der Waals surface area (Å²) in [6.45, 7) is 1.69. The highest BCUT2D eigenvalue weighted by Crippen LogP contribution is 2.28. The van der Waals surface area contributed by atoms with E-state index in [0.717, 1.165) is 30.9 Å². The number of hydrazine groups is 1. The zero-order valence-corrected chi connectivity index (χ0v) is 12.1. The quantitative estimate of drug-likeness (QED) is 0.929. The van der Waals surface area contributed by atoms with Gasteiger partial charge >= 0.3 is 0 Å². The van der Waals surface area contributed by atoms with Crippen molar-refractivity contribution in [1.29, 1.82) is 0 Å². The largest absolute Gasteiger partial charge is 0.475 e. The molecule has 4 nitrogen and oxygen atoms in total. The summed E-state index contributed by atoms with van der Waals surface area (Å²) in [5.41, 5.74) is 5.41. The summed E-state index contributed by atoms with van der Waals surface area (Å²) in [5, 5.41) is 3.37. The van der Waals surface area contributed by atoms with E-state index in [1.54, 1.807) is 6.07 Å². The van der Waals surface area contributed by atoms with E-state index in [2.05, 4.69) is 15.3 Å². The fraction of sp³-hybridized carbons (Fsp3) is 0.385. The molecular formula is C13H15Cl2N3O. The molecule has 19 heavy (non-hydrogen) atoms. The third kappa shape index (κ3) is 2.61. The van der Waals surface area contributed by atoms with Crippen molar-refractivity contribution in [3.05, 3.63) is 40.2 Å². The summed E-state index contributed by atoms with van der Waals surface area (Å²) in [6, 6.07) is 5.54. The number of benzene rings is 1. The Morgan fingerprint density at radius 2 is 2.11 bits per heavy atom. The number of hydrogen-bond acceptors (Lipinski definition) is 4. The Balaban J connectivity index is 1.72. The number of hydrogen-bond donors (Lipinski definition) is 1. The average molecular weight is 300 g/mol. The number of nitrogens with zero attached hydrogens (tertiary/aromatic N) is 2. The number of fused-ring (bicyclic) bond motifs is 1. The van der Waals surface area contributed by atoms with Gasteiger partial charge in [0.05, 0.1) is 12.2 Å². The van der Waals surface area contributed by atoms with Crippen LogP contribution in [-0.4, -0.2) is 31.4 Å². The van der Waals surface area contributed by atoms with Gasteiger partial charge in [-0.3, -0.25) is 5.01 Å². The highest BCUT2D eigenvalue weighted by atomic mass is 35.5. The Kier molecular flexibility index (Phi) is 3.48. The minimum Gasteiger partial charge on any atom is -0.475 e. The van der Waals surface area contributed by atoms with Crippen LogP contribution in [0.25, 0.3) is 0 Å². The molecule has 1 N–H and O–H groups in total. The lowest BCUT2D eigenvalue weighted by atomic mass is 10.3. The van der Waals surface area contributed by atoms with Gasteiger partial charge in [0, 0.05) is 35.7 Å². The molecule has 6 heteroatoms. The number of halogens is 2. The third-order valence-electron chi connectivity index (χ3n) is 3.32. The molecule has 1 unspecified atom stereocenters. The second-order valence-electron chi connectivity index (χ2n) is 4.75. The Hall–Kier alpha value is -1.10. The summed E-state index contributed by atoms with van der Waals surface area (Å²) < 4.78 is 5.60. The molecule has 0 bridgehead atoms. The Bertz CT molecular complexity index is 500. The molecule has 102 valence electrons. The molecule has 2 aliphatic heterocycles. The summed E-state index contributed by atoms with van der Waals surface area (Å²) in [7, 11) is 2.01. The van der Waals surface area contributed by atoms with Crippen LogP contribution in [0.3, 0.4) is 0 Å². The van der Waals surface area contributed by atoms with Gasteiger partial charge in [0.25, 0.3) is 0 Å². The van der Waals surface area contributed by atoms with Gasteiger partial charge in [-0.05, 0) is 18.2 Å². The summed E-state index contributed by atoms with van der Waals surface area (Å²) in [6.07, 6.45) is 2.97. The molecule has 0 aliphatic carbocycles. The first-order valence-corrected chi connectivity index (χ1v) is 6.93. The first-order valence-electron chi connectivity index (χ1n) is 6.18. The second-order valence-corrected chi connectivity index (χ2v) is 5.62. The molecule has 3 rings (SSSR count). The van der Waals surface area contributed by atoms with Crippen molar-refractivity contribution in [3.63, 3.8) is 0 Å². The molecule has 1 saturated heterocycles. The Morgan fingerprint density at radius 1 is 1.37 bits per heavy atom. The minimum absolute atomic E-state index is 0.145. The topological polar surface area (TPSA) is 27.7 Å². The van der Waals surface area contributed by atoms with Crippen LogP contribution in [0.15, 0.2) is 30.2 Å². The lowest BCUT2D eigenvalue weighted by Gasteiger charge is -2.25. The Morgan fingerprint density at radius 3 is 2.84 bits per heavy atom. The number of rotatable bonds is 3. The fourth-order valence-corrected chi connectivity index (χ4v) is 2.89. The fourth-order valence-electron chi connectivity index (χ4n) is 2.38. The van der Waals surface area contributed by atoms with E-state index in [0.29, 0.717) is 10.0 Å². The highest BCUT2D eigenvalue weighted by Gasteiger charge is 2.32. The maximum Gasteiger partial charge on any atom is 0.185 e. The van der Waals surface area contributed by atoms with Crippen molar-refractivity contribution in [1.82, 2.24) is 10.4 Å². The molecule has 2 aliphatic rings. The van der Waals surface area contributed by atoms with Crippen LogP contribution in [-0.2, 0) is 4.74 Å². The molecule has 1 atom stereocenters. The molecule has 2 heterocycles. The third-order valence-corrected chi connectivity index (χ3v) is 3.76. The molecule has 1 fully saturated rings. The highest BCUT2D eigenvalue weighted by molar-refractivity contribution is 6.35. The van der Waals surface area contributed by atoms with Crippen LogP contribution in [0.5, 0.6) is 0 Å². The SMILES string of the molecule is CN(CC1=COC2CCNN12)c1cc(Cl)cc(Cl)c1. The first-order chi connectivity index (χ1) is 9.13. The van der Waals surface area contributed by atoms with Crippen LogP contribution < -0.4 is 10.3 Å². The van der Waals surface area contributed by atoms with E-state index < -0.39 is 0 Å². The van der Waals surface area contributed by atoms with Crippen molar-refractivity contribution >= 4 is 28.9 Å². The van der Waals surface area contributed by atoms with Crippen molar-refractivity contribution < 1.29 is 4.74 Å². The van der Waals surface area contributed by atoms with E-state index in [1.165, 1.54) is 0 Å². The number of anilines is 1. The molecule has 1 aromatic carbocycles. The zero-order chi connectivity index (χ0) is 13.4. The molecule has 0 amide bonds. The molecule has 0 radical (unpaired) electrons. The van der Waals surface area contributed by atoms with E-state index in [4.69, 9.17) is 27.9 Å². The number of ether oxygens (including phenoxy) is 1. The average Bonchev–Trinajstić information content (AvgIpc) is 2.92. The van der Waals surface area contributed by atoms with Crippen LogP contribution in [0.4, 0.5) is 5.69 Å². The summed E-state index contributed by atoms with van der Waals surface area (Å²) in [4.78, 5) is 2.09. The predicted octanol–water partition coefficient (Wildman–Crippen LogP) is 2.84. The zero-order valence-electron chi connectivity index (χ0n) is 10.6. The molecule has 0 spiro atoms. The number of nitrogens with one attached hydrogen (secondary N) is 1. The van der Waals surface area contributed by atoms with E-state index in [9.17, 15) is 0 Å². The van der Waals surface area contributed by atoms with Crippen molar-refractivity contribution in [2.45, 2.75) is 12.6 Å². The van der Waals surface area contributed by atoms with Gasteiger partial charge in [0.2, 0.25) is 0 Å². The van der Waals surface area contributed by atoms with Crippen molar-refractivity contribution in [2.24, 2.45) is 0 Å². The predicted molar refractivity (Wildman–Crippen MR) is 77.1 cm³/mol. The van der Waals surface area contributed by atoms with Crippen LogP contribution >= 0.6 is 23.2 Å². The van der Waals surface area contributed by atoms with Gasteiger partial charge < -0.3 is 9.64 Å². The lowest BCUT2D eigenvalue weighted by Crippen LogP contribution is -2.37. The van der Waals surface area contributed by atoms with Gasteiger partial charge in [0.1, 0.15) is 6.26 Å². The molecule has 0 saturated carbocycles. The van der Waals surface area contributed by atoms with Gasteiger partial charge in [-0.2, -0.15) is 0 Å². The van der Waals surface area contributed by atoms with Crippen molar-refractivity contribution in [2.75, 3.05) is 25.0 Å². The van der Waals surface area contributed by atoms with Gasteiger partial charge in [-0.1, -0.05) is 23.2 Å². The lowest BCUT2D eigenvalue weighted by molar-refractivity contribution is 0.0653. The van der Waals surface area contributed by atoms with Crippen LogP contribution in [0.2, 0.25) is 10.0 Å². The molecule has 1 aromatic rings. The standard InChI is InChI=1S/C13H15Cl2N3O/c1-17(11-5-9(14)4-10(15)6-11)7-12-8-19-13-2-3-16-18(12)13/h4-6,8,13,16H,2-3,7H2,1H3. The maximum atomic E-state index is 6.03. The second kappa shape index (κ2) is 5.12. The van der Waals surface area contributed by atoms with Gasteiger partial charge in [-0.25, -0.2) is 5.43 Å². The normalized spacial score (nSPS) is 21.1. The van der Waals surface area contributed by atoms with Gasteiger partial charge in [-0.15, -0.1) is 0 Å². The van der Waals surface area contributed by atoms with Crippen molar-refractivity contribution in [3.8, 4) is 0 Å². The minimum atomic E-state index is 0.145. The maximum absolute atomic E-state index is 6.03. The smallest absolute Gasteiger partial charge is 0.185 e. The summed E-state index contributed by atoms with van der Waals surface area (Å²) >= 11 is 12.1. The van der Waals surface area contributed by atoms with E-state index >= 15 is 0 Å². The summed E-state index contributed by atoms with van der Waals surface area (Å²) in [5.74, 6) is 0. The van der Waals surface area contributed by atoms with Crippen LogP contribution in [0.1, 0.15) is 6.42 Å². The molecular weight excluding hydrogens is 285 g/mol. The monoisotopic (exact) mass is 299 g/mol.